The van der Waals surface area contributed by atoms with Crippen LogP contribution in [0.4, 0.5) is 0 Å². The SMILES string of the molecule is O=C(Cc1nc2cccc(-c3ccc(CN4CC[C@H](O)C4)cc3)n2n1)C1CC1. The molecule has 144 valence electrons. The van der Waals surface area contributed by atoms with Crippen LogP contribution in [0.2, 0.25) is 0 Å². The van der Waals surface area contributed by atoms with Crippen LogP contribution >= 0.6 is 0 Å². The standard InChI is InChI=1S/C22H24N4O2/c27-18-10-11-25(14-18)13-15-4-6-16(7-5-15)19-2-1-3-22-23-21(24-26(19)22)12-20(28)17-8-9-17/h1-7,17-18,27H,8-14H2/t18-/m0/s1. The molecule has 6 heteroatoms. The van der Waals surface area contributed by atoms with Gasteiger partial charge in [-0.15, -0.1) is 0 Å². The number of hydrogen-bond acceptors (Lipinski definition) is 5. The molecular formula is C22H24N4O2. The van der Waals surface area contributed by atoms with Gasteiger partial charge in [-0.3, -0.25) is 9.69 Å². The molecule has 1 atom stereocenters. The van der Waals surface area contributed by atoms with Gasteiger partial charge in [-0.05, 0) is 37.0 Å². The van der Waals surface area contributed by atoms with E-state index in [0.29, 0.717) is 12.2 Å². The van der Waals surface area contributed by atoms with Crippen LogP contribution in [0.5, 0.6) is 0 Å². The molecule has 2 fully saturated rings. The van der Waals surface area contributed by atoms with Gasteiger partial charge in [0.05, 0.1) is 18.2 Å². The molecular weight excluding hydrogens is 352 g/mol. The van der Waals surface area contributed by atoms with Crippen molar-refractivity contribution in [3.05, 3.63) is 53.9 Å². The lowest BCUT2D eigenvalue weighted by Crippen LogP contribution is -2.21. The number of hydrogen-bond donors (Lipinski definition) is 1. The molecule has 1 saturated carbocycles. The second-order valence-electron chi connectivity index (χ2n) is 8.00. The van der Waals surface area contributed by atoms with Crippen LogP contribution < -0.4 is 0 Å². The Morgan fingerprint density at radius 2 is 1.93 bits per heavy atom. The van der Waals surface area contributed by atoms with Crippen molar-refractivity contribution in [1.82, 2.24) is 19.5 Å². The van der Waals surface area contributed by atoms with Gasteiger partial charge in [0.2, 0.25) is 0 Å². The predicted molar refractivity (Wildman–Crippen MR) is 106 cm³/mol. The monoisotopic (exact) mass is 376 g/mol. The first-order valence-corrected chi connectivity index (χ1v) is 10.0. The summed E-state index contributed by atoms with van der Waals surface area (Å²) in [6.07, 6.45) is 3.02. The Hall–Kier alpha value is -2.57. The Bertz CT molecular complexity index is 1010. The molecule has 28 heavy (non-hydrogen) atoms. The van der Waals surface area contributed by atoms with Crippen LogP contribution in [0.25, 0.3) is 16.9 Å². The minimum absolute atomic E-state index is 0.190. The number of aromatic nitrogens is 3. The molecule has 1 aliphatic carbocycles. The molecule has 2 aromatic heterocycles. The number of likely N-dealkylation sites (tertiary alicyclic amines) is 1. The van der Waals surface area contributed by atoms with E-state index < -0.39 is 0 Å². The molecule has 0 radical (unpaired) electrons. The minimum Gasteiger partial charge on any atom is -0.392 e. The summed E-state index contributed by atoms with van der Waals surface area (Å²) in [6, 6.07) is 14.4. The zero-order valence-electron chi connectivity index (χ0n) is 15.8. The molecule has 0 bridgehead atoms. The lowest BCUT2D eigenvalue weighted by atomic mass is 10.1. The second kappa shape index (κ2) is 7.11. The highest BCUT2D eigenvalue weighted by atomic mass is 16.3. The van der Waals surface area contributed by atoms with Crippen molar-refractivity contribution in [1.29, 1.82) is 0 Å². The fourth-order valence-electron chi connectivity index (χ4n) is 3.94. The number of ketones is 1. The van der Waals surface area contributed by atoms with E-state index in [0.717, 1.165) is 55.8 Å². The molecule has 1 saturated heterocycles. The Morgan fingerprint density at radius 3 is 2.64 bits per heavy atom. The molecule has 0 spiro atoms. The predicted octanol–water partition coefficient (Wildman–Crippen LogP) is 2.48. The zero-order chi connectivity index (χ0) is 19.1. The smallest absolute Gasteiger partial charge is 0.159 e. The summed E-state index contributed by atoms with van der Waals surface area (Å²) < 4.78 is 1.83. The molecule has 5 rings (SSSR count). The highest BCUT2D eigenvalue weighted by Crippen LogP contribution is 2.30. The summed E-state index contributed by atoms with van der Waals surface area (Å²) >= 11 is 0. The summed E-state index contributed by atoms with van der Waals surface area (Å²) in [6.45, 7) is 2.56. The van der Waals surface area contributed by atoms with E-state index in [2.05, 4.69) is 39.2 Å². The largest absolute Gasteiger partial charge is 0.392 e. The number of Topliss-reactive ketones (excluding diaryl/α,β-unsaturated/α-hetero) is 1. The average Bonchev–Trinajstić information content (AvgIpc) is 3.35. The van der Waals surface area contributed by atoms with Crippen LogP contribution in [0.15, 0.2) is 42.5 Å². The van der Waals surface area contributed by atoms with Crippen LogP contribution in [0.3, 0.4) is 0 Å². The average molecular weight is 376 g/mol. The molecule has 2 aliphatic rings. The number of aliphatic hydroxyl groups is 1. The van der Waals surface area contributed by atoms with Gasteiger partial charge in [-0.2, -0.15) is 5.10 Å². The van der Waals surface area contributed by atoms with Gasteiger partial charge in [0.1, 0.15) is 5.78 Å². The molecule has 1 aliphatic heterocycles. The lowest BCUT2D eigenvalue weighted by Gasteiger charge is -2.15. The first-order valence-electron chi connectivity index (χ1n) is 10.0. The van der Waals surface area contributed by atoms with E-state index in [1.807, 2.05) is 22.7 Å². The maximum atomic E-state index is 12.1. The molecule has 0 amide bonds. The Kier molecular flexibility index (Phi) is 4.45. The van der Waals surface area contributed by atoms with Crippen molar-refractivity contribution in [3.63, 3.8) is 0 Å². The number of rotatable bonds is 6. The summed E-state index contributed by atoms with van der Waals surface area (Å²) in [5.41, 5.74) is 4.05. The molecule has 1 N–H and O–H groups in total. The van der Waals surface area contributed by atoms with E-state index in [9.17, 15) is 9.90 Å². The summed E-state index contributed by atoms with van der Waals surface area (Å²) in [7, 11) is 0. The van der Waals surface area contributed by atoms with Gasteiger partial charge in [0.15, 0.2) is 11.5 Å². The lowest BCUT2D eigenvalue weighted by molar-refractivity contribution is -0.119. The van der Waals surface area contributed by atoms with Gasteiger partial charge in [0.25, 0.3) is 0 Å². The number of carbonyl (C=O) groups excluding carboxylic acids is 1. The number of aliphatic hydroxyl groups excluding tert-OH is 1. The molecule has 3 heterocycles. The number of nitrogens with zero attached hydrogens (tertiary/aromatic N) is 4. The fourth-order valence-corrected chi connectivity index (χ4v) is 3.94. The third-order valence-electron chi connectivity index (χ3n) is 5.67. The first-order chi connectivity index (χ1) is 13.7. The Morgan fingerprint density at radius 1 is 1.11 bits per heavy atom. The van der Waals surface area contributed by atoms with Gasteiger partial charge in [-0.1, -0.05) is 30.3 Å². The highest BCUT2D eigenvalue weighted by molar-refractivity contribution is 5.84. The maximum absolute atomic E-state index is 12.1. The second-order valence-corrected chi connectivity index (χ2v) is 8.00. The van der Waals surface area contributed by atoms with Crippen LogP contribution in [-0.4, -0.2) is 49.6 Å². The normalized spacial score (nSPS) is 20.1. The van der Waals surface area contributed by atoms with Gasteiger partial charge < -0.3 is 5.11 Å². The van der Waals surface area contributed by atoms with Crippen molar-refractivity contribution in [2.24, 2.45) is 5.92 Å². The van der Waals surface area contributed by atoms with Crippen LogP contribution in [0, 0.1) is 5.92 Å². The maximum Gasteiger partial charge on any atom is 0.159 e. The minimum atomic E-state index is -0.190. The van der Waals surface area contributed by atoms with Crippen molar-refractivity contribution in [3.8, 4) is 11.3 Å². The molecule has 3 aromatic rings. The van der Waals surface area contributed by atoms with Gasteiger partial charge in [-0.25, -0.2) is 9.50 Å². The number of fused-ring (bicyclic) bond motifs is 1. The van der Waals surface area contributed by atoms with Crippen molar-refractivity contribution in [2.75, 3.05) is 13.1 Å². The number of benzene rings is 1. The highest BCUT2D eigenvalue weighted by Gasteiger charge is 2.30. The number of pyridine rings is 1. The van der Waals surface area contributed by atoms with Crippen molar-refractivity contribution in [2.45, 2.75) is 38.3 Å². The van der Waals surface area contributed by atoms with E-state index in [1.54, 1.807) is 0 Å². The Labute approximate surface area is 163 Å². The van der Waals surface area contributed by atoms with Gasteiger partial charge in [0, 0.05) is 31.1 Å². The summed E-state index contributed by atoms with van der Waals surface area (Å²) in [5.74, 6) is 1.10. The zero-order valence-corrected chi connectivity index (χ0v) is 15.8. The third-order valence-corrected chi connectivity index (χ3v) is 5.67. The van der Waals surface area contributed by atoms with Crippen LogP contribution in [-0.2, 0) is 17.8 Å². The Balaban J connectivity index is 1.37. The van der Waals surface area contributed by atoms with E-state index >= 15 is 0 Å². The third kappa shape index (κ3) is 3.57. The van der Waals surface area contributed by atoms with E-state index in [4.69, 9.17) is 0 Å². The van der Waals surface area contributed by atoms with E-state index in [-0.39, 0.29) is 17.8 Å². The molecule has 0 unspecified atom stereocenters. The number of β-amino-alcohol motifs (C(OH)–C–C–N with tert-alkyl or cyclic N) is 1. The summed E-state index contributed by atoms with van der Waals surface area (Å²) in [5, 5.41) is 14.3. The first kappa shape index (κ1) is 17.5. The van der Waals surface area contributed by atoms with Gasteiger partial charge >= 0.3 is 0 Å². The fraction of sp³-hybridized carbons (Fsp3) is 0.409. The number of carbonyl (C=O) groups is 1. The van der Waals surface area contributed by atoms with E-state index in [1.165, 1.54) is 5.56 Å². The quantitative estimate of drug-likeness (QED) is 0.716. The van der Waals surface area contributed by atoms with Crippen LogP contribution in [0.1, 0.15) is 30.7 Å². The summed E-state index contributed by atoms with van der Waals surface area (Å²) in [4.78, 5) is 18.9. The molecule has 6 nitrogen and oxygen atoms in total. The van der Waals surface area contributed by atoms with Crippen molar-refractivity contribution >= 4 is 11.4 Å². The topological polar surface area (TPSA) is 70.7 Å². The van der Waals surface area contributed by atoms with Crippen molar-refractivity contribution < 1.29 is 9.90 Å². The molecule has 1 aromatic carbocycles.